The molecule has 0 atom stereocenters. The summed E-state index contributed by atoms with van der Waals surface area (Å²) < 4.78 is 5.75. The number of rotatable bonds is 8. The van der Waals surface area contributed by atoms with E-state index >= 15 is 0 Å². The minimum atomic E-state index is 0.0877. The van der Waals surface area contributed by atoms with E-state index in [2.05, 4.69) is 13.8 Å². The number of ketones is 1. The first-order chi connectivity index (χ1) is 9.10. The van der Waals surface area contributed by atoms with E-state index in [1.165, 1.54) is 0 Å². The van der Waals surface area contributed by atoms with E-state index in [9.17, 15) is 4.79 Å². The smallest absolute Gasteiger partial charge is 0.169 e. The van der Waals surface area contributed by atoms with Crippen LogP contribution in [0.5, 0.6) is 5.75 Å². The van der Waals surface area contributed by atoms with Crippen molar-refractivity contribution in [3.63, 3.8) is 0 Å². The minimum Gasteiger partial charge on any atom is -0.490 e. The van der Waals surface area contributed by atoms with Gasteiger partial charge in [0.15, 0.2) is 5.78 Å². The summed E-state index contributed by atoms with van der Waals surface area (Å²) in [5.41, 5.74) is 0.739. The maximum Gasteiger partial charge on any atom is 0.169 e. The van der Waals surface area contributed by atoms with Crippen LogP contribution in [0.25, 0.3) is 0 Å². The number of hydrogen-bond acceptors (Lipinski definition) is 2. The van der Waals surface area contributed by atoms with Crippen LogP contribution in [0.15, 0.2) is 24.3 Å². The van der Waals surface area contributed by atoms with Crippen molar-refractivity contribution in [2.24, 2.45) is 5.92 Å². The number of hydrogen-bond donors (Lipinski definition) is 0. The van der Waals surface area contributed by atoms with Crippen molar-refractivity contribution >= 4 is 5.78 Å². The lowest BCUT2D eigenvalue weighted by Gasteiger charge is -2.18. The number of benzene rings is 1. The van der Waals surface area contributed by atoms with Crippen LogP contribution >= 0.6 is 0 Å². The highest BCUT2D eigenvalue weighted by Crippen LogP contribution is 2.26. The molecule has 0 amide bonds. The molecule has 0 aliphatic carbocycles. The van der Waals surface area contributed by atoms with Gasteiger partial charge in [-0.25, -0.2) is 0 Å². The number of ether oxygens (including phenoxy) is 1. The first-order valence-corrected chi connectivity index (χ1v) is 7.40. The molecule has 0 N–H and O–H groups in total. The van der Waals surface area contributed by atoms with E-state index < -0.39 is 0 Å². The van der Waals surface area contributed by atoms with Crippen LogP contribution in [0.3, 0.4) is 0 Å². The molecule has 0 spiro atoms. The Hall–Kier alpha value is -1.31. The van der Waals surface area contributed by atoms with Crippen molar-refractivity contribution in [3.8, 4) is 5.75 Å². The van der Waals surface area contributed by atoms with Gasteiger partial charge in [0, 0.05) is 5.92 Å². The Bertz CT molecular complexity index is 390. The molecule has 2 heteroatoms. The molecule has 0 saturated heterocycles. The van der Waals surface area contributed by atoms with Crippen LogP contribution in [0.4, 0.5) is 0 Å². The third kappa shape index (κ3) is 4.70. The van der Waals surface area contributed by atoms with Crippen LogP contribution in [-0.4, -0.2) is 11.9 Å². The SMILES string of the molecule is CCCC(CCC)C(=O)c1ccccc1OC(C)C. The molecule has 1 aromatic rings. The fourth-order valence-electron chi connectivity index (χ4n) is 2.35. The number of carbonyl (C=O) groups excluding carboxylic acids is 1. The first-order valence-electron chi connectivity index (χ1n) is 7.40. The van der Waals surface area contributed by atoms with E-state index in [-0.39, 0.29) is 17.8 Å². The Morgan fingerprint density at radius 3 is 2.21 bits per heavy atom. The summed E-state index contributed by atoms with van der Waals surface area (Å²) in [5, 5.41) is 0. The van der Waals surface area contributed by atoms with E-state index in [1.54, 1.807) is 0 Å². The Morgan fingerprint density at radius 2 is 1.68 bits per heavy atom. The van der Waals surface area contributed by atoms with Crippen molar-refractivity contribution in [1.29, 1.82) is 0 Å². The average molecular weight is 262 g/mol. The van der Waals surface area contributed by atoms with Gasteiger partial charge in [0.25, 0.3) is 0 Å². The second-order valence-corrected chi connectivity index (χ2v) is 5.30. The first kappa shape index (κ1) is 15.7. The van der Waals surface area contributed by atoms with Crippen molar-refractivity contribution in [1.82, 2.24) is 0 Å². The maximum atomic E-state index is 12.6. The fourth-order valence-corrected chi connectivity index (χ4v) is 2.35. The molecule has 0 radical (unpaired) electrons. The van der Waals surface area contributed by atoms with Crippen LogP contribution in [0.1, 0.15) is 63.7 Å². The Morgan fingerprint density at radius 1 is 1.11 bits per heavy atom. The highest BCUT2D eigenvalue weighted by Gasteiger charge is 2.21. The number of Topliss-reactive ketones (excluding diaryl/α,β-unsaturated/α-hetero) is 1. The molecule has 0 aliphatic rings. The lowest BCUT2D eigenvalue weighted by atomic mass is 9.89. The topological polar surface area (TPSA) is 26.3 Å². The number of carbonyl (C=O) groups is 1. The highest BCUT2D eigenvalue weighted by molar-refractivity contribution is 6.00. The monoisotopic (exact) mass is 262 g/mol. The summed E-state index contributed by atoms with van der Waals surface area (Å²) >= 11 is 0. The molecule has 1 rings (SSSR count). The molecule has 0 fully saturated rings. The zero-order valence-corrected chi connectivity index (χ0v) is 12.6. The zero-order chi connectivity index (χ0) is 14.3. The summed E-state index contributed by atoms with van der Waals surface area (Å²) in [4.78, 5) is 12.6. The molecule has 0 saturated carbocycles. The molecule has 0 heterocycles. The third-order valence-electron chi connectivity index (χ3n) is 3.16. The lowest BCUT2D eigenvalue weighted by molar-refractivity contribution is 0.0899. The van der Waals surface area contributed by atoms with Crippen molar-refractivity contribution < 1.29 is 9.53 Å². The second-order valence-electron chi connectivity index (χ2n) is 5.30. The summed E-state index contributed by atoms with van der Waals surface area (Å²) in [7, 11) is 0. The molecule has 0 aromatic heterocycles. The normalized spacial score (nSPS) is 11.1. The quantitative estimate of drug-likeness (QED) is 0.624. The van der Waals surface area contributed by atoms with E-state index in [0.717, 1.165) is 37.0 Å². The van der Waals surface area contributed by atoms with Gasteiger partial charge in [0.05, 0.1) is 11.7 Å². The van der Waals surface area contributed by atoms with Crippen molar-refractivity contribution in [3.05, 3.63) is 29.8 Å². The second kappa shape index (κ2) is 7.98. The van der Waals surface area contributed by atoms with Crippen LogP contribution < -0.4 is 4.74 Å². The Balaban J connectivity index is 2.96. The Kier molecular flexibility index (Phi) is 6.61. The van der Waals surface area contributed by atoms with Gasteiger partial charge in [0.1, 0.15) is 5.75 Å². The van der Waals surface area contributed by atoms with Gasteiger partial charge >= 0.3 is 0 Å². The molecule has 106 valence electrons. The minimum absolute atomic E-state index is 0.0877. The van der Waals surface area contributed by atoms with Gasteiger partial charge in [-0.2, -0.15) is 0 Å². The molecular formula is C17H26O2. The third-order valence-corrected chi connectivity index (χ3v) is 3.16. The Labute approximate surface area is 117 Å². The summed E-state index contributed by atoms with van der Waals surface area (Å²) in [6, 6.07) is 7.61. The predicted molar refractivity (Wildman–Crippen MR) is 79.8 cm³/mol. The molecule has 2 nitrogen and oxygen atoms in total. The van der Waals surface area contributed by atoms with Gasteiger partial charge in [-0.15, -0.1) is 0 Å². The molecule has 0 bridgehead atoms. The predicted octanol–water partition coefficient (Wildman–Crippen LogP) is 4.87. The molecule has 0 unspecified atom stereocenters. The largest absolute Gasteiger partial charge is 0.490 e. The lowest BCUT2D eigenvalue weighted by Crippen LogP contribution is -2.17. The van der Waals surface area contributed by atoms with E-state index in [1.807, 2.05) is 38.1 Å². The molecule has 1 aromatic carbocycles. The van der Waals surface area contributed by atoms with Gasteiger partial charge in [0.2, 0.25) is 0 Å². The summed E-state index contributed by atoms with van der Waals surface area (Å²) in [6.07, 6.45) is 4.10. The molecule has 0 aliphatic heterocycles. The van der Waals surface area contributed by atoms with Crippen molar-refractivity contribution in [2.45, 2.75) is 59.5 Å². The maximum absolute atomic E-state index is 12.6. The fraction of sp³-hybridized carbons (Fsp3) is 0.588. The summed E-state index contributed by atoms with van der Waals surface area (Å²) in [6.45, 7) is 8.23. The van der Waals surface area contributed by atoms with Gasteiger partial charge in [-0.1, -0.05) is 38.8 Å². The van der Waals surface area contributed by atoms with Crippen molar-refractivity contribution in [2.75, 3.05) is 0 Å². The number of para-hydroxylation sites is 1. The summed E-state index contributed by atoms with van der Waals surface area (Å²) in [5.74, 6) is 1.09. The van der Waals surface area contributed by atoms with Crippen LogP contribution in [0, 0.1) is 5.92 Å². The molecule has 19 heavy (non-hydrogen) atoms. The standard InChI is InChI=1S/C17H26O2/c1-5-9-14(10-6-2)17(18)15-11-7-8-12-16(15)19-13(3)4/h7-8,11-14H,5-6,9-10H2,1-4H3. The zero-order valence-electron chi connectivity index (χ0n) is 12.6. The van der Waals surface area contributed by atoms with Crippen LogP contribution in [0.2, 0.25) is 0 Å². The highest BCUT2D eigenvalue weighted by atomic mass is 16.5. The van der Waals surface area contributed by atoms with Crippen LogP contribution in [-0.2, 0) is 0 Å². The van der Waals surface area contributed by atoms with Gasteiger partial charge < -0.3 is 4.74 Å². The average Bonchev–Trinajstić information content (AvgIpc) is 2.38. The van der Waals surface area contributed by atoms with Gasteiger partial charge in [-0.05, 0) is 38.8 Å². The van der Waals surface area contributed by atoms with E-state index in [0.29, 0.717) is 0 Å². The van der Waals surface area contributed by atoms with Gasteiger partial charge in [-0.3, -0.25) is 4.79 Å². The van der Waals surface area contributed by atoms with E-state index in [4.69, 9.17) is 4.74 Å². The molecular weight excluding hydrogens is 236 g/mol.